The van der Waals surface area contributed by atoms with Crippen molar-refractivity contribution in [1.82, 2.24) is 10.3 Å². The van der Waals surface area contributed by atoms with Crippen LogP contribution in [0.2, 0.25) is 0 Å². The van der Waals surface area contributed by atoms with E-state index < -0.39 is 6.04 Å². The summed E-state index contributed by atoms with van der Waals surface area (Å²) in [4.78, 5) is 27.2. The first-order valence-corrected chi connectivity index (χ1v) is 6.16. The fraction of sp³-hybridized carbons (Fsp3) is 0.462. The number of hydrogen-bond acceptors (Lipinski definition) is 4. The van der Waals surface area contributed by atoms with Crippen LogP contribution in [-0.4, -0.2) is 29.4 Å². The van der Waals surface area contributed by atoms with E-state index in [0.717, 1.165) is 5.56 Å². The average molecular weight is 264 g/mol. The number of nitrogens with two attached hydrogens (primary N) is 1. The van der Waals surface area contributed by atoms with Crippen LogP contribution in [0, 0.1) is 12.8 Å². The third kappa shape index (κ3) is 5.05. The molecule has 104 valence electrons. The highest BCUT2D eigenvalue weighted by molar-refractivity contribution is 5.94. The molecule has 1 rings (SSSR count). The van der Waals surface area contributed by atoms with Gasteiger partial charge < -0.3 is 16.4 Å². The molecular weight excluding hydrogens is 244 g/mol. The summed E-state index contributed by atoms with van der Waals surface area (Å²) in [6, 6.07) is 2.98. The van der Waals surface area contributed by atoms with E-state index in [-0.39, 0.29) is 24.3 Å². The Balaban J connectivity index is 2.42. The summed E-state index contributed by atoms with van der Waals surface area (Å²) in [5, 5.41) is 5.10. The lowest BCUT2D eigenvalue weighted by Gasteiger charge is -2.15. The van der Waals surface area contributed by atoms with Crippen LogP contribution in [0.25, 0.3) is 0 Å². The molecule has 0 aliphatic carbocycles. The number of carbonyl (C=O) groups excluding carboxylic acids is 2. The molecule has 0 spiro atoms. The van der Waals surface area contributed by atoms with E-state index in [9.17, 15) is 9.59 Å². The van der Waals surface area contributed by atoms with Crippen molar-refractivity contribution in [2.24, 2.45) is 11.7 Å². The minimum atomic E-state index is -0.607. The Hall–Kier alpha value is -1.95. The molecule has 0 radical (unpaired) electrons. The van der Waals surface area contributed by atoms with Crippen LogP contribution in [-0.2, 0) is 9.59 Å². The van der Waals surface area contributed by atoms with Crippen LogP contribution >= 0.6 is 0 Å². The van der Waals surface area contributed by atoms with Crippen LogP contribution in [0.1, 0.15) is 19.4 Å². The first-order valence-electron chi connectivity index (χ1n) is 6.16. The van der Waals surface area contributed by atoms with Crippen LogP contribution in [0.3, 0.4) is 0 Å². The lowest BCUT2D eigenvalue weighted by atomic mass is 10.1. The largest absolute Gasteiger partial charge is 0.346 e. The zero-order valence-corrected chi connectivity index (χ0v) is 11.4. The quantitative estimate of drug-likeness (QED) is 0.718. The van der Waals surface area contributed by atoms with E-state index in [1.165, 1.54) is 0 Å². The van der Waals surface area contributed by atoms with Crippen molar-refractivity contribution in [2.75, 3.05) is 11.9 Å². The van der Waals surface area contributed by atoms with Gasteiger partial charge >= 0.3 is 0 Å². The van der Waals surface area contributed by atoms with Crippen LogP contribution in [0.5, 0.6) is 0 Å². The molecule has 1 aromatic heterocycles. The molecule has 2 amide bonds. The highest BCUT2D eigenvalue weighted by Gasteiger charge is 2.17. The lowest BCUT2D eigenvalue weighted by Crippen LogP contribution is -2.46. The van der Waals surface area contributed by atoms with Crippen LogP contribution in [0.4, 0.5) is 5.82 Å². The second-order valence-electron chi connectivity index (χ2n) is 4.75. The lowest BCUT2D eigenvalue weighted by molar-refractivity contribution is -0.125. The summed E-state index contributed by atoms with van der Waals surface area (Å²) in [6.45, 7) is 5.48. The SMILES string of the molecule is Cc1ccnc(NC(=O)CNC(=O)[C@@H](N)C(C)C)c1. The number of nitrogens with zero attached hydrogens (tertiary/aromatic N) is 1. The summed E-state index contributed by atoms with van der Waals surface area (Å²) in [7, 11) is 0. The zero-order valence-electron chi connectivity index (χ0n) is 11.4. The number of hydrogen-bond donors (Lipinski definition) is 3. The Bertz CT molecular complexity index is 460. The summed E-state index contributed by atoms with van der Waals surface area (Å²) >= 11 is 0. The molecule has 0 unspecified atom stereocenters. The monoisotopic (exact) mass is 264 g/mol. The number of anilines is 1. The summed E-state index contributed by atoms with van der Waals surface area (Å²) < 4.78 is 0. The van der Waals surface area contributed by atoms with Crippen molar-refractivity contribution in [3.05, 3.63) is 23.9 Å². The topological polar surface area (TPSA) is 97.1 Å². The molecule has 0 fully saturated rings. The fourth-order valence-electron chi connectivity index (χ4n) is 1.38. The van der Waals surface area contributed by atoms with Gasteiger partial charge in [0.15, 0.2) is 0 Å². The molecule has 0 saturated carbocycles. The van der Waals surface area contributed by atoms with E-state index in [2.05, 4.69) is 15.6 Å². The van der Waals surface area contributed by atoms with Gasteiger partial charge in [0.2, 0.25) is 11.8 Å². The molecule has 19 heavy (non-hydrogen) atoms. The summed E-state index contributed by atoms with van der Waals surface area (Å²) in [6.07, 6.45) is 1.61. The second kappa shape index (κ2) is 6.84. The number of carbonyl (C=O) groups is 2. The fourth-order valence-corrected chi connectivity index (χ4v) is 1.38. The van der Waals surface area contributed by atoms with E-state index in [1.807, 2.05) is 26.8 Å². The summed E-state index contributed by atoms with van der Waals surface area (Å²) in [5.74, 6) is -0.168. The number of aromatic nitrogens is 1. The third-order valence-electron chi connectivity index (χ3n) is 2.63. The predicted octanol–water partition coefficient (Wildman–Crippen LogP) is 0.428. The van der Waals surface area contributed by atoms with Crippen molar-refractivity contribution in [3.8, 4) is 0 Å². The standard InChI is InChI=1S/C13H20N4O2/c1-8(2)12(14)13(19)16-7-11(18)17-10-6-9(3)4-5-15-10/h4-6,8,12H,7,14H2,1-3H3,(H,16,19)(H,15,17,18)/t12-/m0/s1. The molecule has 6 nitrogen and oxygen atoms in total. The zero-order chi connectivity index (χ0) is 14.4. The van der Waals surface area contributed by atoms with Gasteiger partial charge in [0, 0.05) is 6.20 Å². The molecule has 0 aliphatic heterocycles. The molecule has 4 N–H and O–H groups in total. The predicted molar refractivity (Wildman–Crippen MR) is 73.4 cm³/mol. The number of pyridine rings is 1. The Morgan fingerprint density at radius 1 is 1.42 bits per heavy atom. The molecule has 1 heterocycles. The molecule has 0 aromatic carbocycles. The van der Waals surface area contributed by atoms with Gasteiger partial charge in [0.25, 0.3) is 0 Å². The van der Waals surface area contributed by atoms with Gasteiger partial charge in [-0.1, -0.05) is 13.8 Å². The molecule has 0 saturated heterocycles. The molecule has 1 aromatic rings. The van der Waals surface area contributed by atoms with Gasteiger partial charge in [-0.25, -0.2) is 4.98 Å². The maximum atomic E-state index is 11.6. The highest BCUT2D eigenvalue weighted by Crippen LogP contribution is 2.04. The Kier molecular flexibility index (Phi) is 5.44. The normalized spacial score (nSPS) is 12.1. The van der Waals surface area contributed by atoms with Crippen molar-refractivity contribution in [2.45, 2.75) is 26.8 Å². The smallest absolute Gasteiger partial charge is 0.244 e. The maximum Gasteiger partial charge on any atom is 0.244 e. The minimum Gasteiger partial charge on any atom is -0.346 e. The number of rotatable bonds is 5. The Morgan fingerprint density at radius 2 is 2.11 bits per heavy atom. The van der Waals surface area contributed by atoms with Gasteiger partial charge in [-0.2, -0.15) is 0 Å². The van der Waals surface area contributed by atoms with Gasteiger partial charge in [-0.3, -0.25) is 9.59 Å². The van der Waals surface area contributed by atoms with Crippen LogP contribution < -0.4 is 16.4 Å². The number of nitrogens with one attached hydrogen (secondary N) is 2. The van der Waals surface area contributed by atoms with E-state index >= 15 is 0 Å². The molecule has 1 atom stereocenters. The van der Waals surface area contributed by atoms with Crippen molar-refractivity contribution in [3.63, 3.8) is 0 Å². The van der Waals surface area contributed by atoms with Crippen molar-refractivity contribution < 1.29 is 9.59 Å². The number of aryl methyl sites for hydroxylation is 1. The summed E-state index contributed by atoms with van der Waals surface area (Å²) in [5.41, 5.74) is 6.66. The Morgan fingerprint density at radius 3 is 2.68 bits per heavy atom. The molecule has 0 aliphatic rings. The van der Waals surface area contributed by atoms with Gasteiger partial charge in [0.1, 0.15) is 5.82 Å². The first-order chi connectivity index (χ1) is 8.90. The van der Waals surface area contributed by atoms with E-state index in [4.69, 9.17) is 5.73 Å². The minimum absolute atomic E-state index is 0.0292. The third-order valence-corrected chi connectivity index (χ3v) is 2.63. The van der Waals surface area contributed by atoms with E-state index in [1.54, 1.807) is 12.3 Å². The van der Waals surface area contributed by atoms with Crippen molar-refractivity contribution in [1.29, 1.82) is 0 Å². The first kappa shape index (κ1) is 15.1. The van der Waals surface area contributed by atoms with Gasteiger partial charge in [0.05, 0.1) is 12.6 Å². The molecule has 6 heteroatoms. The molecular formula is C13H20N4O2. The van der Waals surface area contributed by atoms with E-state index in [0.29, 0.717) is 5.82 Å². The van der Waals surface area contributed by atoms with Crippen LogP contribution in [0.15, 0.2) is 18.3 Å². The second-order valence-corrected chi connectivity index (χ2v) is 4.75. The Labute approximate surface area is 112 Å². The van der Waals surface area contributed by atoms with Gasteiger partial charge in [-0.15, -0.1) is 0 Å². The number of amides is 2. The average Bonchev–Trinajstić information content (AvgIpc) is 2.34. The highest BCUT2D eigenvalue weighted by atomic mass is 16.2. The van der Waals surface area contributed by atoms with Crippen molar-refractivity contribution >= 4 is 17.6 Å². The molecule has 0 bridgehead atoms. The van der Waals surface area contributed by atoms with Gasteiger partial charge in [-0.05, 0) is 30.5 Å². The maximum absolute atomic E-state index is 11.6.